The molecule has 1 saturated carbocycles. The van der Waals surface area contributed by atoms with Crippen molar-refractivity contribution in [2.75, 3.05) is 26.1 Å². The third-order valence-electron chi connectivity index (χ3n) is 6.18. The summed E-state index contributed by atoms with van der Waals surface area (Å²) in [4.78, 5) is 39.2. The average molecular weight is 476 g/mol. The molecule has 0 unspecified atom stereocenters. The number of nitriles is 1. The third kappa shape index (κ3) is 6.48. The van der Waals surface area contributed by atoms with Crippen LogP contribution in [-0.2, 0) is 14.3 Å². The van der Waals surface area contributed by atoms with Gasteiger partial charge in [0.15, 0.2) is 6.61 Å². The molecule has 0 spiro atoms. The summed E-state index contributed by atoms with van der Waals surface area (Å²) in [5, 5.41) is 12.3. The highest BCUT2D eigenvalue weighted by Crippen LogP contribution is 2.32. The minimum atomic E-state index is -0.857. The smallest absolute Gasteiger partial charge is 0.340 e. The first-order valence-electron chi connectivity index (χ1n) is 11.5. The van der Waals surface area contributed by atoms with E-state index in [-0.39, 0.29) is 11.3 Å². The fourth-order valence-electron chi connectivity index (χ4n) is 4.03. The molecule has 0 heterocycles. The van der Waals surface area contributed by atoms with Gasteiger partial charge < -0.3 is 19.7 Å². The van der Waals surface area contributed by atoms with Gasteiger partial charge in [-0.15, -0.1) is 0 Å². The molecule has 1 aliphatic rings. The van der Waals surface area contributed by atoms with E-state index in [1.165, 1.54) is 17.0 Å². The lowest BCUT2D eigenvalue weighted by Crippen LogP contribution is -2.51. The van der Waals surface area contributed by atoms with Crippen LogP contribution in [0.4, 0.5) is 5.69 Å². The largest absolute Gasteiger partial charge is 0.497 e. The molecular formula is C27H29N3O5. The minimum absolute atomic E-state index is 0.127. The van der Waals surface area contributed by atoms with Gasteiger partial charge in [-0.25, -0.2) is 4.79 Å². The van der Waals surface area contributed by atoms with Crippen LogP contribution in [0.3, 0.4) is 0 Å². The maximum Gasteiger partial charge on any atom is 0.340 e. The molecular weight excluding hydrogens is 446 g/mol. The van der Waals surface area contributed by atoms with E-state index in [1.807, 2.05) is 12.1 Å². The molecule has 2 amide bonds. The lowest BCUT2D eigenvalue weighted by atomic mass is 9.81. The van der Waals surface area contributed by atoms with Crippen LogP contribution in [0.25, 0.3) is 6.08 Å². The zero-order valence-corrected chi connectivity index (χ0v) is 20.0. The number of likely N-dealkylation sites (N-methyl/N-ethyl adjacent to an activating group) is 1. The molecule has 0 atom stereocenters. The minimum Gasteiger partial charge on any atom is -0.497 e. The monoisotopic (exact) mass is 475 g/mol. The molecule has 0 radical (unpaired) electrons. The number of hydrogen-bond acceptors (Lipinski definition) is 6. The molecule has 8 nitrogen and oxygen atoms in total. The van der Waals surface area contributed by atoms with Crippen molar-refractivity contribution in [2.45, 2.75) is 37.6 Å². The Bertz CT molecular complexity index is 1130. The maximum absolute atomic E-state index is 12.7. The number of hydrogen-bond donors (Lipinski definition) is 1. The van der Waals surface area contributed by atoms with Gasteiger partial charge in [0.2, 0.25) is 5.91 Å². The second-order valence-corrected chi connectivity index (χ2v) is 8.37. The van der Waals surface area contributed by atoms with Crippen molar-refractivity contribution in [2.24, 2.45) is 0 Å². The van der Waals surface area contributed by atoms with Crippen molar-refractivity contribution < 1.29 is 23.9 Å². The van der Waals surface area contributed by atoms with Gasteiger partial charge in [0, 0.05) is 13.1 Å². The van der Waals surface area contributed by atoms with E-state index in [9.17, 15) is 19.6 Å². The zero-order chi connectivity index (χ0) is 25.3. The number of amides is 2. The number of carbonyl (C=O) groups excluding carboxylic acids is 3. The molecule has 2 aromatic rings. The van der Waals surface area contributed by atoms with Gasteiger partial charge in [0.05, 0.1) is 24.4 Å². The Balaban J connectivity index is 1.60. The Labute approximate surface area is 205 Å². The van der Waals surface area contributed by atoms with E-state index in [0.29, 0.717) is 18.6 Å². The van der Waals surface area contributed by atoms with Gasteiger partial charge in [0.1, 0.15) is 11.3 Å². The lowest BCUT2D eigenvalue weighted by molar-refractivity contribution is -0.138. The molecule has 0 saturated heterocycles. The first kappa shape index (κ1) is 25.5. The summed E-state index contributed by atoms with van der Waals surface area (Å²) in [5.41, 5.74) is 0.346. The van der Waals surface area contributed by atoms with Gasteiger partial charge in [-0.2, -0.15) is 5.26 Å². The summed E-state index contributed by atoms with van der Waals surface area (Å²) in [5.74, 6) is -0.891. The van der Waals surface area contributed by atoms with Crippen LogP contribution in [0.5, 0.6) is 5.75 Å². The van der Waals surface area contributed by atoms with Crippen LogP contribution >= 0.6 is 0 Å². The van der Waals surface area contributed by atoms with E-state index in [1.54, 1.807) is 50.6 Å². The van der Waals surface area contributed by atoms with Crippen LogP contribution < -0.4 is 10.1 Å². The van der Waals surface area contributed by atoms with Crippen LogP contribution in [0.1, 0.15) is 48.0 Å². The summed E-state index contributed by atoms with van der Waals surface area (Å²) in [7, 11) is 3.16. The SMILES string of the molecule is COc1ccc(/C=C/C(=O)Nc2ccccc2C(=O)OCC(=O)N(C)C2(C#N)CCCCC2)cc1. The fourth-order valence-corrected chi connectivity index (χ4v) is 4.03. The number of anilines is 1. The van der Waals surface area contributed by atoms with E-state index < -0.39 is 29.9 Å². The van der Waals surface area contributed by atoms with Crippen LogP contribution in [-0.4, -0.2) is 49.0 Å². The number of nitrogens with one attached hydrogen (secondary N) is 1. The standard InChI is InChI=1S/C27H29N3O5/c1-30(27(19-28)16-6-3-7-17-27)25(32)18-35-26(33)22-8-4-5-9-23(22)29-24(31)15-12-20-10-13-21(34-2)14-11-20/h4-5,8-15H,3,6-7,16-18H2,1-2H3,(H,29,31)/b15-12+. The molecule has 8 heteroatoms. The fraction of sp³-hybridized carbons (Fsp3) is 0.333. The highest BCUT2D eigenvalue weighted by molar-refractivity contribution is 6.06. The maximum atomic E-state index is 12.7. The summed E-state index contributed by atoms with van der Waals surface area (Å²) < 4.78 is 10.4. The molecule has 0 aliphatic heterocycles. The van der Waals surface area contributed by atoms with Crippen LogP contribution in [0, 0.1) is 11.3 Å². The van der Waals surface area contributed by atoms with Crippen molar-refractivity contribution in [3.63, 3.8) is 0 Å². The highest BCUT2D eigenvalue weighted by Gasteiger charge is 2.39. The van der Waals surface area contributed by atoms with Gasteiger partial charge >= 0.3 is 5.97 Å². The van der Waals surface area contributed by atoms with Gasteiger partial charge in [-0.3, -0.25) is 9.59 Å². The van der Waals surface area contributed by atoms with Gasteiger partial charge in [-0.1, -0.05) is 43.5 Å². The predicted molar refractivity (Wildman–Crippen MR) is 132 cm³/mol. The molecule has 1 N–H and O–H groups in total. The molecule has 0 bridgehead atoms. The van der Waals surface area contributed by atoms with E-state index in [2.05, 4.69) is 11.4 Å². The first-order valence-corrected chi connectivity index (χ1v) is 11.5. The molecule has 1 aliphatic carbocycles. The van der Waals surface area contributed by atoms with E-state index in [0.717, 1.165) is 24.8 Å². The lowest BCUT2D eigenvalue weighted by Gasteiger charge is -2.38. The van der Waals surface area contributed by atoms with Crippen LogP contribution in [0.15, 0.2) is 54.6 Å². The highest BCUT2D eigenvalue weighted by atomic mass is 16.5. The molecule has 3 rings (SSSR count). The number of ether oxygens (including phenoxy) is 2. The zero-order valence-electron chi connectivity index (χ0n) is 20.0. The number of rotatable bonds is 8. The molecule has 2 aromatic carbocycles. The van der Waals surface area contributed by atoms with Crippen LogP contribution in [0.2, 0.25) is 0 Å². The molecule has 0 aromatic heterocycles. The van der Waals surface area contributed by atoms with E-state index in [4.69, 9.17) is 9.47 Å². The van der Waals surface area contributed by atoms with Crippen molar-refractivity contribution in [3.8, 4) is 11.8 Å². The first-order chi connectivity index (χ1) is 16.9. The predicted octanol–water partition coefficient (Wildman–Crippen LogP) is 4.19. The third-order valence-corrected chi connectivity index (χ3v) is 6.18. The topological polar surface area (TPSA) is 109 Å². The molecule has 35 heavy (non-hydrogen) atoms. The number of nitrogens with zero attached hydrogens (tertiary/aromatic N) is 2. The van der Waals surface area contributed by atoms with Crippen molar-refractivity contribution >= 4 is 29.5 Å². The Kier molecular flexibility index (Phi) is 8.63. The second-order valence-electron chi connectivity index (χ2n) is 8.37. The van der Waals surface area contributed by atoms with Crippen molar-refractivity contribution in [1.82, 2.24) is 4.90 Å². The summed E-state index contributed by atoms with van der Waals surface area (Å²) in [6.45, 7) is -0.488. The Morgan fingerprint density at radius 3 is 2.43 bits per heavy atom. The van der Waals surface area contributed by atoms with Gasteiger partial charge in [0.25, 0.3) is 5.91 Å². The quantitative estimate of drug-likeness (QED) is 0.453. The van der Waals surface area contributed by atoms with Gasteiger partial charge in [-0.05, 0) is 48.7 Å². The Morgan fingerprint density at radius 2 is 1.77 bits per heavy atom. The number of esters is 1. The van der Waals surface area contributed by atoms with Crippen molar-refractivity contribution in [1.29, 1.82) is 5.26 Å². The molecule has 182 valence electrons. The number of methoxy groups -OCH3 is 1. The summed E-state index contributed by atoms with van der Waals surface area (Å²) >= 11 is 0. The summed E-state index contributed by atoms with van der Waals surface area (Å²) in [6.07, 6.45) is 7.01. The number of carbonyl (C=O) groups is 3. The Hall–Kier alpha value is -4.12. The second kappa shape index (κ2) is 11.8. The van der Waals surface area contributed by atoms with E-state index >= 15 is 0 Å². The Morgan fingerprint density at radius 1 is 1.09 bits per heavy atom. The van der Waals surface area contributed by atoms with Crippen molar-refractivity contribution in [3.05, 3.63) is 65.7 Å². The molecule has 1 fully saturated rings. The normalized spacial score (nSPS) is 14.5. The number of para-hydroxylation sites is 1. The summed E-state index contributed by atoms with van der Waals surface area (Å²) in [6, 6.07) is 15.9. The number of benzene rings is 2. The average Bonchev–Trinajstić information content (AvgIpc) is 2.90.